The van der Waals surface area contributed by atoms with Gasteiger partial charge in [0, 0.05) is 7.05 Å². The summed E-state index contributed by atoms with van der Waals surface area (Å²) < 4.78 is 4.96. The lowest BCUT2D eigenvalue weighted by Gasteiger charge is -2.17. The third-order valence-corrected chi connectivity index (χ3v) is 1.71. The van der Waals surface area contributed by atoms with Crippen molar-refractivity contribution in [1.82, 2.24) is 9.97 Å². The fourth-order valence-corrected chi connectivity index (χ4v) is 1.05. The number of aromatic nitrogens is 2. The van der Waals surface area contributed by atoms with Crippen molar-refractivity contribution in [2.45, 2.75) is 0 Å². The summed E-state index contributed by atoms with van der Waals surface area (Å²) in [6.45, 7) is 0.435. The van der Waals surface area contributed by atoms with Gasteiger partial charge in [-0.2, -0.15) is 4.98 Å². The van der Waals surface area contributed by atoms with E-state index in [2.05, 4.69) is 15.9 Å². The number of hydrogen-bond donors (Lipinski definition) is 1. The molecule has 1 aromatic rings. The van der Waals surface area contributed by atoms with Crippen LogP contribution in [0.1, 0.15) is 0 Å². The van der Waals surface area contributed by atoms with Crippen molar-refractivity contribution in [3.05, 3.63) is 6.33 Å². The van der Waals surface area contributed by atoms with Gasteiger partial charge in [-0.15, -0.1) is 6.42 Å². The van der Waals surface area contributed by atoms with Crippen LogP contribution in [0.3, 0.4) is 0 Å². The highest BCUT2D eigenvalue weighted by atomic mass is 16.5. The summed E-state index contributed by atoms with van der Waals surface area (Å²) in [7, 11) is 3.31. The lowest BCUT2D eigenvalue weighted by molar-refractivity contribution is 0.399. The SMILES string of the molecule is C#CCN(C)c1ncnc(OC)c1N. The van der Waals surface area contributed by atoms with Crippen molar-refractivity contribution in [3.63, 3.8) is 0 Å². The molecule has 0 aliphatic heterocycles. The van der Waals surface area contributed by atoms with Crippen LogP contribution in [-0.2, 0) is 0 Å². The zero-order valence-corrected chi connectivity index (χ0v) is 8.19. The van der Waals surface area contributed by atoms with Crippen LogP contribution in [0.4, 0.5) is 11.5 Å². The van der Waals surface area contributed by atoms with Gasteiger partial charge in [-0.05, 0) is 0 Å². The molecule has 5 nitrogen and oxygen atoms in total. The van der Waals surface area contributed by atoms with Gasteiger partial charge in [0.25, 0.3) is 0 Å². The van der Waals surface area contributed by atoms with E-state index in [1.807, 2.05) is 0 Å². The first kappa shape index (κ1) is 10.1. The first-order valence-corrected chi connectivity index (χ1v) is 3.99. The molecular formula is C9H12N4O. The van der Waals surface area contributed by atoms with Crippen LogP contribution in [0.5, 0.6) is 5.88 Å². The van der Waals surface area contributed by atoms with Gasteiger partial charge in [-0.25, -0.2) is 4.98 Å². The zero-order chi connectivity index (χ0) is 10.6. The molecule has 0 aliphatic carbocycles. The number of methoxy groups -OCH3 is 1. The molecule has 0 spiro atoms. The van der Waals surface area contributed by atoms with E-state index in [1.165, 1.54) is 13.4 Å². The summed E-state index contributed by atoms with van der Waals surface area (Å²) in [6.07, 6.45) is 6.57. The van der Waals surface area contributed by atoms with Crippen LogP contribution in [-0.4, -0.2) is 30.7 Å². The third-order valence-electron chi connectivity index (χ3n) is 1.71. The van der Waals surface area contributed by atoms with Crippen LogP contribution in [0.2, 0.25) is 0 Å². The molecule has 0 fully saturated rings. The molecule has 5 heteroatoms. The number of terminal acetylenes is 1. The van der Waals surface area contributed by atoms with Crippen LogP contribution >= 0.6 is 0 Å². The first-order valence-electron chi connectivity index (χ1n) is 3.99. The highest BCUT2D eigenvalue weighted by Crippen LogP contribution is 2.26. The molecule has 74 valence electrons. The molecule has 0 amide bonds. The van der Waals surface area contributed by atoms with E-state index in [0.717, 1.165) is 0 Å². The smallest absolute Gasteiger partial charge is 0.242 e. The number of ether oxygens (including phenoxy) is 1. The van der Waals surface area contributed by atoms with E-state index in [4.69, 9.17) is 16.9 Å². The maximum absolute atomic E-state index is 5.76. The molecule has 1 aromatic heterocycles. The monoisotopic (exact) mass is 192 g/mol. The molecule has 1 heterocycles. The van der Waals surface area contributed by atoms with E-state index in [9.17, 15) is 0 Å². The second-order valence-electron chi connectivity index (χ2n) is 2.68. The lowest BCUT2D eigenvalue weighted by Crippen LogP contribution is -2.20. The Morgan fingerprint density at radius 2 is 2.36 bits per heavy atom. The van der Waals surface area contributed by atoms with Crippen molar-refractivity contribution in [1.29, 1.82) is 0 Å². The molecule has 0 saturated heterocycles. The van der Waals surface area contributed by atoms with Crippen LogP contribution in [0.15, 0.2) is 6.33 Å². The average Bonchev–Trinajstić information content (AvgIpc) is 2.18. The number of rotatable bonds is 3. The maximum atomic E-state index is 5.76. The van der Waals surface area contributed by atoms with E-state index >= 15 is 0 Å². The number of nitrogen functional groups attached to an aromatic ring is 1. The Bertz CT molecular complexity index is 358. The third kappa shape index (κ3) is 1.85. The summed E-state index contributed by atoms with van der Waals surface area (Å²) in [5, 5.41) is 0. The standard InChI is InChI=1S/C9H12N4O/c1-4-5-13(2)8-7(10)9(14-3)12-6-11-8/h1,6H,5,10H2,2-3H3. The predicted octanol–water partition coefficient (Wildman–Crippen LogP) is 0.137. The number of anilines is 2. The van der Waals surface area contributed by atoms with Crippen LogP contribution < -0.4 is 15.4 Å². The number of nitrogens with two attached hydrogens (primary N) is 1. The molecule has 2 N–H and O–H groups in total. The van der Waals surface area contributed by atoms with Gasteiger partial charge in [0.2, 0.25) is 5.88 Å². The van der Waals surface area contributed by atoms with Crippen molar-refractivity contribution in [2.75, 3.05) is 31.3 Å². The summed E-state index contributed by atoms with van der Waals surface area (Å²) in [5.74, 6) is 3.44. The van der Waals surface area contributed by atoms with Crippen molar-refractivity contribution in [2.24, 2.45) is 0 Å². The van der Waals surface area contributed by atoms with Crippen molar-refractivity contribution >= 4 is 11.5 Å². The fourth-order valence-electron chi connectivity index (χ4n) is 1.05. The largest absolute Gasteiger partial charge is 0.479 e. The molecule has 0 atom stereocenters. The number of nitrogens with zero attached hydrogens (tertiary/aromatic N) is 3. The van der Waals surface area contributed by atoms with Gasteiger partial charge < -0.3 is 15.4 Å². The summed E-state index contributed by atoms with van der Waals surface area (Å²) in [4.78, 5) is 9.63. The summed E-state index contributed by atoms with van der Waals surface area (Å²) in [5.41, 5.74) is 6.16. The van der Waals surface area contributed by atoms with Gasteiger partial charge in [0.15, 0.2) is 5.82 Å². The molecule has 0 aromatic carbocycles. The minimum absolute atomic E-state index is 0.360. The Kier molecular flexibility index (Phi) is 3.13. The molecule has 1 rings (SSSR count). The molecule has 0 radical (unpaired) electrons. The Morgan fingerprint density at radius 1 is 1.64 bits per heavy atom. The molecule has 0 unspecified atom stereocenters. The lowest BCUT2D eigenvalue weighted by atomic mass is 10.4. The Labute approximate surface area is 82.9 Å². The van der Waals surface area contributed by atoms with Crippen molar-refractivity contribution < 1.29 is 4.74 Å². The number of hydrogen-bond acceptors (Lipinski definition) is 5. The summed E-state index contributed by atoms with van der Waals surface area (Å²) in [6, 6.07) is 0. The molecule has 0 saturated carbocycles. The quantitative estimate of drug-likeness (QED) is 0.690. The molecule has 14 heavy (non-hydrogen) atoms. The Hall–Kier alpha value is -1.96. The minimum Gasteiger partial charge on any atom is -0.479 e. The van der Waals surface area contributed by atoms with Crippen LogP contribution in [0, 0.1) is 12.3 Å². The highest BCUT2D eigenvalue weighted by Gasteiger charge is 2.10. The van der Waals surface area contributed by atoms with Crippen LogP contribution in [0.25, 0.3) is 0 Å². The molecule has 0 aliphatic rings. The molecule has 0 bridgehead atoms. The minimum atomic E-state index is 0.360. The maximum Gasteiger partial charge on any atom is 0.242 e. The highest BCUT2D eigenvalue weighted by molar-refractivity contribution is 5.67. The van der Waals surface area contributed by atoms with Gasteiger partial charge in [-0.1, -0.05) is 5.92 Å². The zero-order valence-electron chi connectivity index (χ0n) is 8.19. The van der Waals surface area contributed by atoms with Gasteiger partial charge in [0.05, 0.1) is 13.7 Å². The second-order valence-corrected chi connectivity index (χ2v) is 2.68. The predicted molar refractivity (Wildman–Crippen MR) is 55.1 cm³/mol. The normalized spacial score (nSPS) is 9.21. The van der Waals surface area contributed by atoms with Gasteiger partial charge in [-0.3, -0.25) is 0 Å². The van der Waals surface area contributed by atoms with E-state index in [1.54, 1.807) is 11.9 Å². The van der Waals surface area contributed by atoms with E-state index in [0.29, 0.717) is 23.9 Å². The summed E-state index contributed by atoms with van der Waals surface area (Å²) >= 11 is 0. The Balaban J connectivity index is 3.04. The van der Waals surface area contributed by atoms with Gasteiger partial charge >= 0.3 is 0 Å². The average molecular weight is 192 g/mol. The first-order chi connectivity index (χ1) is 6.70. The van der Waals surface area contributed by atoms with Crippen molar-refractivity contribution in [3.8, 4) is 18.2 Å². The van der Waals surface area contributed by atoms with Gasteiger partial charge in [0.1, 0.15) is 12.0 Å². The van der Waals surface area contributed by atoms with E-state index in [-0.39, 0.29) is 0 Å². The second kappa shape index (κ2) is 4.33. The topological polar surface area (TPSA) is 64.3 Å². The Morgan fingerprint density at radius 3 is 2.93 bits per heavy atom. The van der Waals surface area contributed by atoms with E-state index < -0.39 is 0 Å². The molecular weight excluding hydrogens is 180 g/mol. The fraction of sp³-hybridized carbons (Fsp3) is 0.333.